The molecule has 1 aromatic rings. The fourth-order valence-electron chi connectivity index (χ4n) is 1.83. The van der Waals surface area contributed by atoms with Crippen molar-refractivity contribution in [2.75, 3.05) is 20.2 Å². The summed E-state index contributed by atoms with van der Waals surface area (Å²) in [5.74, 6) is 0.0815. The lowest BCUT2D eigenvalue weighted by Crippen LogP contribution is -2.40. The lowest BCUT2D eigenvalue weighted by atomic mass is 9.76. The van der Waals surface area contributed by atoms with Gasteiger partial charge in [0.05, 0.1) is 12.7 Å². The second kappa shape index (κ2) is 6.42. The molecule has 0 aliphatic heterocycles. The van der Waals surface area contributed by atoms with Gasteiger partial charge in [0.2, 0.25) is 0 Å². The van der Waals surface area contributed by atoms with Gasteiger partial charge in [-0.15, -0.1) is 0 Å². The van der Waals surface area contributed by atoms with Crippen LogP contribution in [0.4, 0.5) is 0 Å². The molecule has 0 saturated heterocycles. The van der Waals surface area contributed by atoms with Crippen LogP contribution in [0.15, 0.2) is 18.2 Å². The first-order chi connectivity index (χ1) is 8.56. The van der Waals surface area contributed by atoms with Crippen molar-refractivity contribution < 1.29 is 19.6 Å². The summed E-state index contributed by atoms with van der Waals surface area (Å²) in [6.07, 6.45) is 0. The zero-order valence-electron chi connectivity index (χ0n) is 10.9. The van der Waals surface area contributed by atoms with Gasteiger partial charge in [-0.3, -0.25) is 4.79 Å². The molecule has 6 heteroatoms. The first-order valence-corrected chi connectivity index (χ1v) is 5.89. The minimum atomic E-state index is -1.70. The van der Waals surface area contributed by atoms with E-state index in [9.17, 15) is 14.8 Å². The smallest absolute Gasteiger partial charge is 0.489 e. The first-order valence-electron chi connectivity index (χ1n) is 5.89. The minimum absolute atomic E-state index is 0.159. The molecular formula is C12H18BNO4. The van der Waals surface area contributed by atoms with E-state index in [0.717, 1.165) is 0 Å². The Labute approximate surface area is 107 Å². The quantitative estimate of drug-likeness (QED) is 0.714. The van der Waals surface area contributed by atoms with Gasteiger partial charge < -0.3 is 19.7 Å². The maximum Gasteiger partial charge on any atom is 0.489 e. The van der Waals surface area contributed by atoms with Crippen molar-refractivity contribution in [3.05, 3.63) is 23.8 Å². The highest BCUT2D eigenvalue weighted by Gasteiger charge is 2.26. The van der Waals surface area contributed by atoms with Gasteiger partial charge in [-0.25, -0.2) is 0 Å². The summed E-state index contributed by atoms with van der Waals surface area (Å²) in [6, 6.07) is 4.75. The van der Waals surface area contributed by atoms with E-state index in [4.69, 9.17) is 4.74 Å². The zero-order chi connectivity index (χ0) is 13.7. The van der Waals surface area contributed by atoms with Crippen LogP contribution in [0, 0.1) is 0 Å². The summed E-state index contributed by atoms with van der Waals surface area (Å²) in [5.41, 5.74) is 0.366. The van der Waals surface area contributed by atoms with Crippen molar-refractivity contribution in [2.45, 2.75) is 13.8 Å². The molecule has 0 unspecified atom stereocenters. The van der Waals surface area contributed by atoms with Crippen molar-refractivity contribution >= 4 is 18.5 Å². The Balaban J connectivity index is 3.31. The van der Waals surface area contributed by atoms with Gasteiger partial charge in [-0.1, -0.05) is 12.1 Å². The van der Waals surface area contributed by atoms with Crippen molar-refractivity contribution in [3.63, 3.8) is 0 Å². The van der Waals surface area contributed by atoms with Gasteiger partial charge in [0.25, 0.3) is 5.91 Å². The zero-order valence-corrected chi connectivity index (χ0v) is 10.9. The molecule has 0 saturated carbocycles. The maximum absolute atomic E-state index is 12.3. The molecule has 18 heavy (non-hydrogen) atoms. The highest BCUT2D eigenvalue weighted by Crippen LogP contribution is 2.18. The number of carbonyl (C=O) groups excluding carboxylic acids is 1. The molecule has 0 fully saturated rings. The molecule has 0 heterocycles. The molecule has 1 amide bonds. The lowest BCUT2D eigenvalue weighted by Gasteiger charge is -2.21. The molecule has 0 bridgehead atoms. The fourth-order valence-corrected chi connectivity index (χ4v) is 1.83. The highest BCUT2D eigenvalue weighted by atomic mass is 16.5. The second-order valence-electron chi connectivity index (χ2n) is 3.78. The molecule has 5 nitrogen and oxygen atoms in total. The predicted molar refractivity (Wildman–Crippen MR) is 70.1 cm³/mol. The van der Waals surface area contributed by atoms with E-state index in [1.807, 2.05) is 13.8 Å². The molecule has 0 aliphatic carbocycles. The number of hydrogen-bond donors (Lipinski definition) is 2. The largest absolute Gasteiger partial charge is 0.496 e. The Bertz CT molecular complexity index is 419. The topological polar surface area (TPSA) is 70.0 Å². The van der Waals surface area contributed by atoms with E-state index in [-0.39, 0.29) is 16.9 Å². The van der Waals surface area contributed by atoms with Crippen molar-refractivity contribution in [2.24, 2.45) is 0 Å². The van der Waals surface area contributed by atoms with Crippen LogP contribution < -0.4 is 10.2 Å². The molecule has 2 N–H and O–H groups in total. The molecular weight excluding hydrogens is 233 g/mol. The third kappa shape index (κ3) is 2.83. The van der Waals surface area contributed by atoms with Gasteiger partial charge in [0, 0.05) is 13.1 Å². The molecule has 98 valence electrons. The monoisotopic (exact) mass is 251 g/mol. The summed E-state index contributed by atoms with van der Waals surface area (Å²) >= 11 is 0. The number of amides is 1. The van der Waals surface area contributed by atoms with E-state index in [1.165, 1.54) is 13.2 Å². The average Bonchev–Trinajstić information content (AvgIpc) is 2.38. The number of hydrogen-bond acceptors (Lipinski definition) is 4. The van der Waals surface area contributed by atoms with E-state index >= 15 is 0 Å². The third-order valence-corrected chi connectivity index (χ3v) is 2.82. The Morgan fingerprint density at radius 3 is 2.39 bits per heavy atom. The van der Waals surface area contributed by atoms with Crippen molar-refractivity contribution in [3.8, 4) is 5.75 Å². The number of carbonyl (C=O) groups is 1. The van der Waals surface area contributed by atoms with E-state index in [1.54, 1.807) is 17.0 Å². The standard InChI is InChI=1S/C12H18BNO4/c1-4-14(5-2)12(15)11-9(13(16)17)7-6-8-10(11)18-3/h6-8,16-17H,4-5H2,1-3H3. The number of methoxy groups -OCH3 is 1. The van der Waals surface area contributed by atoms with Crippen LogP contribution in [0.25, 0.3) is 0 Å². The molecule has 0 aliphatic rings. The van der Waals surface area contributed by atoms with Crippen LogP contribution in [-0.2, 0) is 0 Å². The Morgan fingerprint density at radius 1 is 1.33 bits per heavy atom. The number of benzene rings is 1. The number of rotatable bonds is 5. The molecule has 0 spiro atoms. The first kappa shape index (κ1) is 14.5. The maximum atomic E-state index is 12.3. The molecule has 0 atom stereocenters. The summed E-state index contributed by atoms with van der Waals surface area (Å²) in [4.78, 5) is 13.9. The molecule has 0 radical (unpaired) electrons. The summed E-state index contributed by atoms with van der Waals surface area (Å²) in [6.45, 7) is 4.83. The van der Waals surface area contributed by atoms with Crippen LogP contribution >= 0.6 is 0 Å². The van der Waals surface area contributed by atoms with Gasteiger partial charge in [0.15, 0.2) is 0 Å². The van der Waals surface area contributed by atoms with Gasteiger partial charge in [-0.05, 0) is 25.4 Å². The van der Waals surface area contributed by atoms with Crippen LogP contribution in [0.5, 0.6) is 5.75 Å². The normalized spacial score (nSPS) is 10.1. The van der Waals surface area contributed by atoms with E-state index in [2.05, 4.69) is 0 Å². The number of nitrogens with zero attached hydrogens (tertiary/aromatic N) is 1. The average molecular weight is 251 g/mol. The highest BCUT2D eigenvalue weighted by molar-refractivity contribution is 6.60. The van der Waals surface area contributed by atoms with Crippen molar-refractivity contribution in [1.29, 1.82) is 0 Å². The van der Waals surface area contributed by atoms with Gasteiger partial charge >= 0.3 is 7.12 Å². The van der Waals surface area contributed by atoms with E-state index in [0.29, 0.717) is 18.8 Å². The SMILES string of the molecule is CCN(CC)C(=O)c1c(OC)cccc1B(O)O. The van der Waals surface area contributed by atoms with Crippen LogP contribution in [0.3, 0.4) is 0 Å². The van der Waals surface area contributed by atoms with Gasteiger partial charge in [0.1, 0.15) is 5.75 Å². The van der Waals surface area contributed by atoms with Gasteiger partial charge in [-0.2, -0.15) is 0 Å². The van der Waals surface area contributed by atoms with Crippen LogP contribution in [-0.4, -0.2) is 48.2 Å². The molecule has 0 aromatic heterocycles. The molecule has 1 aromatic carbocycles. The summed E-state index contributed by atoms with van der Waals surface area (Å²) in [7, 11) is -0.253. The Morgan fingerprint density at radius 2 is 1.94 bits per heavy atom. The van der Waals surface area contributed by atoms with Crippen molar-refractivity contribution in [1.82, 2.24) is 4.90 Å². The summed E-state index contributed by atoms with van der Waals surface area (Å²) < 4.78 is 5.13. The predicted octanol–water partition coefficient (Wildman–Crippen LogP) is -0.143. The third-order valence-electron chi connectivity index (χ3n) is 2.82. The fraction of sp³-hybridized carbons (Fsp3) is 0.417. The second-order valence-corrected chi connectivity index (χ2v) is 3.78. The Kier molecular flexibility index (Phi) is 5.18. The van der Waals surface area contributed by atoms with E-state index < -0.39 is 7.12 Å². The Hall–Kier alpha value is -1.53. The van der Waals surface area contributed by atoms with Crippen LogP contribution in [0.1, 0.15) is 24.2 Å². The summed E-state index contributed by atoms with van der Waals surface area (Å²) in [5, 5.41) is 18.7. The minimum Gasteiger partial charge on any atom is -0.496 e. The lowest BCUT2D eigenvalue weighted by molar-refractivity contribution is 0.0770. The number of ether oxygens (including phenoxy) is 1. The molecule has 1 rings (SSSR count). The van der Waals surface area contributed by atoms with Crippen LogP contribution in [0.2, 0.25) is 0 Å².